The molecule has 0 saturated heterocycles. The fourth-order valence-electron chi connectivity index (χ4n) is 1.33. The molecule has 0 atom stereocenters. The van der Waals surface area contributed by atoms with E-state index in [0.717, 1.165) is 12.0 Å². The third kappa shape index (κ3) is 3.82. The standard InChI is InChI=1S/C12H17ClN2O2/c1-4-5-14-12(16)15-10-7-9(13)8(2)6-11(10)17-3/h6-7H,4-5H2,1-3H3,(H2,14,15,16). The lowest BCUT2D eigenvalue weighted by Gasteiger charge is -2.12. The maximum absolute atomic E-state index is 11.5. The topological polar surface area (TPSA) is 50.4 Å². The van der Waals surface area contributed by atoms with Gasteiger partial charge >= 0.3 is 6.03 Å². The van der Waals surface area contributed by atoms with Gasteiger partial charge in [0, 0.05) is 11.6 Å². The Morgan fingerprint density at radius 1 is 1.47 bits per heavy atom. The molecule has 0 aliphatic heterocycles. The number of aryl methyl sites for hydroxylation is 1. The molecule has 0 fully saturated rings. The number of ether oxygens (including phenoxy) is 1. The molecule has 1 aromatic carbocycles. The lowest BCUT2D eigenvalue weighted by Crippen LogP contribution is -2.29. The van der Waals surface area contributed by atoms with Gasteiger partial charge in [-0.2, -0.15) is 0 Å². The minimum atomic E-state index is -0.259. The van der Waals surface area contributed by atoms with Crippen molar-refractivity contribution in [3.63, 3.8) is 0 Å². The zero-order chi connectivity index (χ0) is 12.8. The first-order valence-corrected chi connectivity index (χ1v) is 5.85. The Hall–Kier alpha value is -1.42. The first-order chi connectivity index (χ1) is 8.08. The van der Waals surface area contributed by atoms with Crippen molar-refractivity contribution in [2.75, 3.05) is 19.0 Å². The smallest absolute Gasteiger partial charge is 0.319 e. The van der Waals surface area contributed by atoms with E-state index in [4.69, 9.17) is 16.3 Å². The van der Waals surface area contributed by atoms with Gasteiger partial charge in [-0.3, -0.25) is 0 Å². The van der Waals surface area contributed by atoms with Gasteiger partial charge in [0.05, 0.1) is 12.8 Å². The number of urea groups is 1. The second-order valence-electron chi connectivity index (χ2n) is 3.68. The molecular weight excluding hydrogens is 240 g/mol. The van der Waals surface area contributed by atoms with Gasteiger partial charge in [-0.15, -0.1) is 0 Å². The first-order valence-electron chi connectivity index (χ1n) is 5.47. The van der Waals surface area contributed by atoms with Crippen LogP contribution in [0, 0.1) is 6.92 Å². The zero-order valence-corrected chi connectivity index (χ0v) is 11.0. The molecule has 5 heteroatoms. The molecule has 0 heterocycles. The molecule has 2 amide bonds. The van der Waals surface area contributed by atoms with E-state index in [0.29, 0.717) is 23.0 Å². The van der Waals surface area contributed by atoms with Gasteiger partial charge in [-0.25, -0.2) is 4.79 Å². The summed E-state index contributed by atoms with van der Waals surface area (Å²) in [7, 11) is 1.55. The molecule has 1 aromatic rings. The number of nitrogens with one attached hydrogen (secondary N) is 2. The minimum absolute atomic E-state index is 0.259. The third-order valence-electron chi connectivity index (χ3n) is 2.26. The van der Waals surface area contributed by atoms with Gasteiger partial charge in [0.2, 0.25) is 0 Å². The summed E-state index contributed by atoms with van der Waals surface area (Å²) in [5, 5.41) is 6.02. The highest BCUT2D eigenvalue weighted by Gasteiger charge is 2.09. The summed E-state index contributed by atoms with van der Waals surface area (Å²) >= 11 is 6.00. The predicted molar refractivity (Wildman–Crippen MR) is 70.1 cm³/mol. The summed E-state index contributed by atoms with van der Waals surface area (Å²) in [5.41, 5.74) is 1.47. The van der Waals surface area contributed by atoms with Crippen molar-refractivity contribution < 1.29 is 9.53 Å². The fraction of sp³-hybridized carbons (Fsp3) is 0.417. The normalized spacial score (nSPS) is 9.88. The molecule has 0 aromatic heterocycles. The highest BCUT2D eigenvalue weighted by Crippen LogP contribution is 2.30. The van der Waals surface area contributed by atoms with Gasteiger partial charge < -0.3 is 15.4 Å². The van der Waals surface area contributed by atoms with Crippen LogP contribution in [0.5, 0.6) is 5.75 Å². The van der Waals surface area contributed by atoms with E-state index in [9.17, 15) is 4.79 Å². The van der Waals surface area contributed by atoms with E-state index >= 15 is 0 Å². The van der Waals surface area contributed by atoms with Crippen molar-refractivity contribution in [2.45, 2.75) is 20.3 Å². The largest absolute Gasteiger partial charge is 0.495 e. The molecule has 17 heavy (non-hydrogen) atoms. The Morgan fingerprint density at radius 3 is 2.76 bits per heavy atom. The molecule has 1 rings (SSSR count). The Kier molecular flexibility index (Phi) is 5.10. The fourth-order valence-corrected chi connectivity index (χ4v) is 1.49. The highest BCUT2D eigenvalue weighted by molar-refractivity contribution is 6.31. The molecule has 0 unspecified atom stereocenters. The van der Waals surface area contributed by atoms with Gasteiger partial charge in [0.15, 0.2) is 0 Å². The van der Waals surface area contributed by atoms with E-state index in [-0.39, 0.29) is 6.03 Å². The van der Waals surface area contributed by atoms with Gasteiger partial charge in [0.1, 0.15) is 5.75 Å². The molecule has 0 saturated carbocycles. The Bertz CT molecular complexity index is 408. The number of hydrogen-bond donors (Lipinski definition) is 2. The SMILES string of the molecule is CCCNC(=O)Nc1cc(Cl)c(C)cc1OC. The molecule has 0 radical (unpaired) electrons. The molecule has 0 aliphatic carbocycles. The Balaban J connectivity index is 2.82. The van der Waals surface area contributed by atoms with Crippen LogP contribution in [0.1, 0.15) is 18.9 Å². The van der Waals surface area contributed by atoms with Crippen LogP contribution in [0.3, 0.4) is 0 Å². The lowest BCUT2D eigenvalue weighted by molar-refractivity contribution is 0.252. The van der Waals surface area contributed by atoms with Crippen molar-refractivity contribution >= 4 is 23.3 Å². The maximum atomic E-state index is 11.5. The van der Waals surface area contributed by atoms with Crippen LogP contribution in [0.4, 0.5) is 10.5 Å². The minimum Gasteiger partial charge on any atom is -0.495 e. The number of benzene rings is 1. The van der Waals surface area contributed by atoms with Crippen LogP contribution < -0.4 is 15.4 Å². The third-order valence-corrected chi connectivity index (χ3v) is 2.67. The molecule has 0 spiro atoms. The second-order valence-corrected chi connectivity index (χ2v) is 4.09. The van der Waals surface area contributed by atoms with E-state index in [1.807, 2.05) is 13.8 Å². The summed E-state index contributed by atoms with van der Waals surface area (Å²) in [6.45, 7) is 4.50. The number of carbonyl (C=O) groups excluding carboxylic acids is 1. The summed E-state index contributed by atoms with van der Waals surface area (Å²) < 4.78 is 5.19. The van der Waals surface area contributed by atoms with Gasteiger partial charge in [-0.1, -0.05) is 18.5 Å². The monoisotopic (exact) mass is 256 g/mol. The predicted octanol–water partition coefficient (Wildman–Crippen LogP) is 3.19. The number of amides is 2. The van der Waals surface area contributed by atoms with Crippen LogP contribution >= 0.6 is 11.6 Å². The van der Waals surface area contributed by atoms with E-state index in [1.165, 1.54) is 0 Å². The van der Waals surface area contributed by atoms with E-state index in [2.05, 4.69) is 10.6 Å². The number of anilines is 1. The molecule has 94 valence electrons. The van der Waals surface area contributed by atoms with Gasteiger partial charge in [0.25, 0.3) is 0 Å². The van der Waals surface area contributed by atoms with Crippen molar-refractivity contribution in [2.24, 2.45) is 0 Å². The number of halogens is 1. The first kappa shape index (κ1) is 13.6. The molecular formula is C12H17ClN2O2. The van der Waals surface area contributed by atoms with Crippen LogP contribution in [-0.2, 0) is 0 Å². The second kappa shape index (κ2) is 6.35. The lowest BCUT2D eigenvalue weighted by atomic mass is 10.2. The summed E-state index contributed by atoms with van der Waals surface area (Å²) in [6.07, 6.45) is 0.888. The quantitative estimate of drug-likeness (QED) is 0.869. The molecule has 2 N–H and O–H groups in total. The van der Waals surface area contributed by atoms with Crippen LogP contribution in [0.15, 0.2) is 12.1 Å². The summed E-state index contributed by atoms with van der Waals surface area (Å²) in [6, 6.07) is 3.21. The Labute approximate surface area is 106 Å². The summed E-state index contributed by atoms with van der Waals surface area (Å²) in [4.78, 5) is 11.5. The average molecular weight is 257 g/mol. The van der Waals surface area contributed by atoms with Crippen molar-refractivity contribution in [3.05, 3.63) is 22.7 Å². The number of hydrogen-bond acceptors (Lipinski definition) is 2. The molecule has 4 nitrogen and oxygen atoms in total. The zero-order valence-electron chi connectivity index (χ0n) is 10.3. The van der Waals surface area contributed by atoms with Crippen LogP contribution in [0.25, 0.3) is 0 Å². The average Bonchev–Trinajstić information content (AvgIpc) is 2.31. The molecule has 0 bridgehead atoms. The van der Waals surface area contributed by atoms with E-state index < -0.39 is 0 Å². The number of methoxy groups -OCH3 is 1. The summed E-state index contributed by atoms with van der Waals surface area (Å²) in [5.74, 6) is 0.596. The highest BCUT2D eigenvalue weighted by atomic mass is 35.5. The van der Waals surface area contributed by atoms with Gasteiger partial charge in [-0.05, 0) is 31.0 Å². The van der Waals surface area contributed by atoms with Crippen LogP contribution in [0.2, 0.25) is 5.02 Å². The molecule has 0 aliphatic rings. The van der Waals surface area contributed by atoms with E-state index in [1.54, 1.807) is 19.2 Å². The maximum Gasteiger partial charge on any atom is 0.319 e. The Morgan fingerprint density at radius 2 is 2.18 bits per heavy atom. The van der Waals surface area contributed by atoms with Crippen molar-refractivity contribution in [3.8, 4) is 5.75 Å². The van der Waals surface area contributed by atoms with Crippen LogP contribution in [-0.4, -0.2) is 19.7 Å². The number of rotatable bonds is 4. The number of carbonyl (C=O) groups is 1. The van der Waals surface area contributed by atoms with Crippen molar-refractivity contribution in [1.82, 2.24) is 5.32 Å². The van der Waals surface area contributed by atoms with Crippen molar-refractivity contribution in [1.29, 1.82) is 0 Å².